The van der Waals surface area contributed by atoms with E-state index in [2.05, 4.69) is 4.72 Å². The molecule has 0 aliphatic heterocycles. The molecule has 7 nitrogen and oxygen atoms in total. The third-order valence-corrected chi connectivity index (χ3v) is 4.89. The van der Waals surface area contributed by atoms with Gasteiger partial charge in [-0.1, -0.05) is 20.3 Å². The second kappa shape index (κ2) is 8.07. The molecule has 0 radical (unpaired) electrons. The first kappa shape index (κ1) is 19.1. The molecule has 0 aliphatic carbocycles. The number of carboxylic acid groups (broad SMARTS) is 1. The Balaban J connectivity index is 2.99. The Bertz CT molecular complexity index is 653. The first-order valence-corrected chi connectivity index (χ1v) is 8.73. The van der Waals surface area contributed by atoms with E-state index in [1.165, 1.54) is 24.3 Å². The lowest BCUT2D eigenvalue weighted by atomic mass is 10.0. The number of carbonyl (C=O) groups excluding carboxylic acids is 1. The fraction of sp³-hybridized carbons (Fsp3) is 0.467. The average molecular weight is 343 g/mol. The van der Waals surface area contributed by atoms with Crippen molar-refractivity contribution in [3.05, 3.63) is 29.8 Å². The van der Waals surface area contributed by atoms with Gasteiger partial charge in [-0.05, 0) is 37.1 Å². The molecule has 0 spiro atoms. The number of benzene rings is 1. The highest BCUT2D eigenvalue weighted by molar-refractivity contribution is 7.89. The summed E-state index contributed by atoms with van der Waals surface area (Å²) in [6, 6.07) is 3.92. The zero-order valence-electron chi connectivity index (χ0n) is 13.3. The van der Waals surface area contributed by atoms with Gasteiger partial charge in [0.25, 0.3) is 0 Å². The smallest absolute Gasteiger partial charge is 0.338 e. The van der Waals surface area contributed by atoms with Crippen molar-refractivity contribution in [1.29, 1.82) is 0 Å². The van der Waals surface area contributed by atoms with E-state index < -0.39 is 28.0 Å². The van der Waals surface area contributed by atoms with E-state index >= 15 is 0 Å². The lowest BCUT2D eigenvalue weighted by molar-refractivity contribution is -0.140. The van der Waals surface area contributed by atoms with Gasteiger partial charge in [0.2, 0.25) is 10.0 Å². The summed E-state index contributed by atoms with van der Waals surface area (Å²) in [4.78, 5) is 22.7. The van der Waals surface area contributed by atoms with E-state index in [-0.39, 0.29) is 23.0 Å². The van der Waals surface area contributed by atoms with Crippen molar-refractivity contribution < 1.29 is 27.9 Å². The second-order valence-electron chi connectivity index (χ2n) is 5.07. The van der Waals surface area contributed by atoms with E-state index in [1.54, 1.807) is 20.8 Å². The monoisotopic (exact) mass is 343 g/mol. The molecule has 128 valence electrons. The van der Waals surface area contributed by atoms with Crippen LogP contribution in [0.3, 0.4) is 0 Å². The topological polar surface area (TPSA) is 110 Å². The highest BCUT2D eigenvalue weighted by Gasteiger charge is 2.29. The van der Waals surface area contributed by atoms with Crippen molar-refractivity contribution in [3.63, 3.8) is 0 Å². The van der Waals surface area contributed by atoms with Crippen LogP contribution in [-0.4, -0.2) is 38.1 Å². The predicted octanol–water partition coefficient (Wildman–Crippen LogP) is 1.64. The van der Waals surface area contributed by atoms with Gasteiger partial charge in [0.05, 0.1) is 17.1 Å². The first-order chi connectivity index (χ1) is 10.7. The Morgan fingerprint density at radius 1 is 1.22 bits per heavy atom. The van der Waals surface area contributed by atoms with Gasteiger partial charge in [-0.25, -0.2) is 13.2 Å². The van der Waals surface area contributed by atoms with Crippen LogP contribution < -0.4 is 4.72 Å². The minimum absolute atomic E-state index is 0.111. The molecule has 0 unspecified atom stereocenters. The molecule has 1 aromatic carbocycles. The summed E-state index contributed by atoms with van der Waals surface area (Å²) in [5.41, 5.74) is 0.225. The molecule has 2 atom stereocenters. The molecule has 23 heavy (non-hydrogen) atoms. The molecule has 8 heteroatoms. The summed E-state index contributed by atoms with van der Waals surface area (Å²) in [6.07, 6.45) is 0.515. The van der Waals surface area contributed by atoms with Crippen LogP contribution in [0.1, 0.15) is 37.6 Å². The largest absolute Gasteiger partial charge is 0.480 e. The molecule has 0 aromatic heterocycles. The van der Waals surface area contributed by atoms with Crippen LogP contribution >= 0.6 is 0 Å². The van der Waals surface area contributed by atoms with Crippen molar-refractivity contribution in [1.82, 2.24) is 4.72 Å². The van der Waals surface area contributed by atoms with E-state index in [1.807, 2.05) is 0 Å². The number of esters is 1. The fourth-order valence-electron chi connectivity index (χ4n) is 1.87. The zero-order chi connectivity index (χ0) is 17.6. The molecule has 0 saturated carbocycles. The number of sulfonamides is 1. The summed E-state index contributed by atoms with van der Waals surface area (Å²) in [5.74, 6) is -2.14. The number of carbonyl (C=O) groups is 2. The number of hydrogen-bond donors (Lipinski definition) is 2. The van der Waals surface area contributed by atoms with Crippen LogP contribution in [0.4, 0.5) is 0 Å². The average Bonchev–Trinajstić information content (AvgIpc) is 2.52. The molecule has 0 aliphatic rings. The number of hydrogen-bond acceptors (Lipinski definition) is 5. The fourth-order valence-corrected chi connectivity index (χ4v) is 3.16. The van der Waals surface area contributed by atoms with E-state index in [0.29, 0.717) is 6.42 Å². The molecule has 0 amide bonds. The van der Waals surface area contributed by atoms with Gasteiger partial charge >= 0.3 is 11.9 Å². The minimum Gasteiger partial charge on any atom is -0.480 e. The Labute approximate surface area is 135 Å². The lowest BCUT2D eigenvalue weighted by Gasteiger charge is -2.20. The highest BCUT2D eigenvalue weighted by atomic mass is 32.2. The van der Waals surface area contributed by atoms with Gasteiger partial charge in [0, 0.05) is 0 Å². The maximum absolute atomic E-state index is 12.3. The molecule has 0 saturated heterocycles. The van der Waals surface area contributed by atoms with Crippen molar-refractivity contribution >= 4 is 22.0 Å². The van der Waals surface area contributed by atoms with Gasteiger partial charge in [0.15, 0.2) is 0 Å². The Morgan fingerprint density at radius 3 is 2.22 bits per heavy atom. The van der Waals surface area contributed by atoms with Gasteiger partial charge in [-0.3, -0.25) is 4.79 Å². The van der Waals surface area contributed by atoms with Crippen molar-refractivity contribution in [3.8, 4) is 0 Å². The summed E-state index contributed by atoms with van der Waals surface area (Å²) in [5, 5.41) is 9.17. The van der Waals surface area contributed by atoms with Crippen LogP contribution in [0.2, 0.25) is 0 Å². The molecule has 0 fully saturated rings. The quantitative estimate of drug-likeness (QED) is 0.694. The number of aliphatic carboxylic acids is 1. The summed E-state index contributed by atoms with van der Waals surface area (Å²) >= 11 is 0. The molecular formula is C15H21NO6S. The molecule has 1 aromatic rings. The predicted molar refractivity (Wildman–Crippen MR) is 83.6 cm³/mol. The van der Waals surface area contributed by atoms with Gasteiger partial charge in [-0.2, -0.15) is 4.72 Å². The van der Waals surface area contributed by atoms with E-state index in [4.69, 9.17) is 4.74 Å². The van der Waals surface area contributed by atoms with Gasteiger partial charge < -0.3 is 9.84 Å². The molecule has 2 N–H and O–H groups in total. The summed E-state index contributed by atoms with van der Waals surface area (Å²) in [6.45, 7) is 5.32. The third-order valence-electron chi connectivity index (χ3n) is 3.44. The second-order valence-corrected chi connectivity index (χ2v) is 6.78. The van der Waals surface area contributed by atoms with Crippen LogP contribution in [0.25, 0.3) is 0 Å². The number of carboxylic acids is 1. The lowest BCUT2D eigenvalue weighted by Crippen LogP contribution is -2.44. The van der Waals surface area contributed by atoms with Crippen molar-refractivity contribution in [2.75, 3.05) is 6.61 Å². The minimum atomic E-state index is -4.00. The molecule has 0 heterocycles. The Kier molecular flexibility index (Phi) is 6.71. The van der Waals surface area contributed by atoms with Gasteiger partial charge in [0.1, 0.15) is 6.04 Å². The summed E-state index contributed by atoms with van der Waals surface area (Å²) in [7, 11) is -4.00. The maximum Gasteiger partial charge on any atom is 0.338 e. The Morgan fingerprint density at radius 2 is 1.78 bits per heavy atom. The van der Waals surface area contributed by atoms with Gasteiger partial charge in [-0.15, -0.1) is 0 Å². The van der Waals surface area contributed by atoms with E-state index in [0.717, 1.165) is 0 Å². The maximum atomic E-state index is 12.3. The molecule has 0 bridgehead atoms. The number of nitrogens with one attached hydrogen (secondary N) is 1. The van der Waals surface area contributed by atoms with Crippen LogP contribution in [0.5, 0.6) is 0 Å². The van der Waals surface area contributed by atoms with Crippen molar-refractivity contribution in [2.45, 2.75) is 38.1 Å². The number of rotatable bonds is 8. The van der Waals surface area contributed by atoms with Crippen molar-refractivity contribution in [2.24, 2.45) is 5.92 Å². The molecular weight excluding hydrogens is 322 g/mol. The van der Waals surface area contributed by atoms with Crippen LogP contribution in [-0.2, 0) is 19.6 Å². The summed E-state index contributed by atoms with van der Waals surface area (Å²) < 4.78 is 31.6. The third kappa shape index (κ3) is 5.04. The van der Waals surface area contributed by atoms with E-state index in [9.17, 15) is 23.1 Å². The first-order valence-electron chi connectivity index (χ1n) is 7.25. The standard InChI is InChI=1S/C15H21NO6S/c1-4-10(3)13(14(17)18)16-23(20,21)12-8-6-11(7-9-12)15(19)22-5-2/h6-10,13,16H,4-5H2,1-3H3,(H,17,18)/t10-,13-/m0/s1. The highest BCUT2D eigenvalue weighted by Crippen LogP contribution is 2.15. The normalized spacial score (nSPS) is 14.0. The van der Waals surface area contributed by atoms with Crippen LogP contribution in [0.15, 0.2) is 29.2 Å². The number of ether oxygens (including phenoxy) is 1. The Hall–Kier alpha value is -1.93. The van der Waals surface area contributed by atoms with Crippen LogP contribution in [0, 0.1) is 5.92 Å². The zero-order valence-corrected chi connectivity index (χ0v) is 14.1. The molecule has 1 rings (SSSR count). The SMILES string of the molecule is CCOC(=O)c1ccc(S(=O)(=O)N[C@H](C(=O)O)[C@@H](C)CC)cc1.